The van der Waals surface area contributed by atoms with Crippen molar-refractivity contribution in [2.24, 2.45) is 0 Å². The number of thioether (sulfide) groups is 1. The highest BCUT2D eigenvalue weighted by atomic mass is 32.2. The minimum Gasteiger partial charge on any atom is -0.491 e. The van der Waals surface area contributed by atoms with E-state index in [4.69, 9.17) is 23.4 Å². The van der Waals surface area contributed by atoms with Crippen LogP contribution in [0.15, 0.2) is 18.2 Å². The molecule has 1 aromatic carbocycles. The number of para-hydroxylation sites is 1. The molecule has 0 spiro atoms. The molecule has 0 unspecified atom stereocenters. The molecule has 0 saturated carbocycles. The Morgan fingerprint density at radius 2 is 2.35 bits per heavy atom. The Bertz CT molecular complexity index is 667. The average molecular weight is 306 g/mol. The molecular weight excluding hydrogens is 288 g/mol. The van der Waals surface area contributed by atoms with Crippen molar-refractivity contribution in [3.05, 3.63) is 23.0 Å². The molecule has 2 aromatic rings. The fraction of sp³-hybridized carbons (Fsp3) is 0.400. The number of nitrogens with zero attached hydrogens (tertiary/aromatic N) is 1. The predicted octanol–water partition coefficient (Wildman–Crippen LogP) is 3.85. The van der Waals surface area contributed by atoms with E-state index in [9.17, 15) is 0 Å². The van der Waals surface area contributed by atoms with Gasteiger partial charge in [0.05, 0.1) is 17.9 Å². The fourth-order valence-corrected chi connectivity index (χ4v) is 2.86. The highest BCUT2D eigenvalue weighted by Gasteiger charge is 2.08. The summed E-state index contributed by atoms with van der Waals surface area (Å²) >= 11 is 7.14. The van der Waals surface area contributed by atoms with Crippen LogP contribution in [-0.2, 0) is 6.54 Å². The van der Waals surface area contributed by atoms with Gasteiger partial charge < -0.3 is 14.3 Å². The molecule has 0 amide bonds. The number of rotatable bonds is 7. The summed E-state index contributed by atoms with van der Waals surface area (Å²) in [5.74, 6) is 5.18. The molecule has 1 N–H and O–H groups in total. The van der Waals surface area contributed by atoms with Crippen LogP contribution in [0.3, 0.4) is 0 Å². The fourth-order valence-electron chi connectivity index (χ4n) is 2.00. The molecule has 106 valence electrons. The van der Waals surface area contributed by atoms with E-state index in [0.717, 1.165) is 46.0 Å². The zero-order valence-corrected chi connectivity index (χ0v) is 13.1. The summed E-state index contributed by atoms with van der Waals surface area (Å²) in [6.07, 6.45) is 6.24. The second-order valence-electron chi connectivity index (χ2n) is 4.34. The Kier molecular flexibility index (Phi) is 5.57. The van der Waals surface area contributed by atoms with Crippen molar-refractivity contribution >= 4 is 35.0 Å². The van der Waals surface area contributed by atoms with E-state index in [1.807, 2.05) is 12.1 Å². The van der Waals surface area contributed by atoms with Crippen molar-refractivity contribution in [1.29, 1.82) is 0 Å². The van der Waals surface area contributed by atoms with Crippen molar-refractivity contribution in [3.63, 3.8) is 0 Å². The maximum Gasteiger partial charge on any atom is 0.178 e. The number of benzene rings is 1. The summed E-state index contributed by atoms with van der Waals surface area (Å²) in [6.45, 7) is 3.65. The molecule has 3 nitrogen and oxygen atoms in total. The molecule has 1 aromatic heterocycles. The number of hydrogen-bond donors (Lipinski definition) is 1. The van der Waals surface area contributed by atoms with Crippen molar-refractivity contribution in [2.45, 2.75) is 19.9 Å². The lowest BCUT2D eigenvalue weighted by Crippen LogP contribution is -2.01. The van der Waals surface area contributed by atoms with E-state index in [2.05, 4.69) is 28.5 Å². The molecule has 0 aliphatic heterocycles. The minimum absolute atomic E-state index is 0.711. The van der Waals surface area contributed by atoms with Crippen LogP contribution >= 0.6 is 24.0 Å². The van der Waals surface area contributed by atoms with Gasteiger partial charge >= 0.3 is 0 Å². The zero-order chi connectivity index (χ0) is 14.4. The SMILES string of the molecule is C#CCSCCn1c(=S)[nH]c2c(OCCC)cccc21. The van der Waals surface area contributed by atoms with Gasteiger partial charge in [0.25, 0.3) is 0 Å². The molecule has 0 aliphatic rings. The first-order valence-electron chi connectivity index (χ1n) is 6.63. The van der Waals surface area contributed by atoms with Gasteiger partial charge in [0.1, 0.15) is 11.3 Å². The number of imidazole rings is 1. The van der Waals surface area contributed by atoms with E-state index >= 15 is 0 Å². The molecule has 0 bridgehead atoms. The van der Waals surface area contributed by atoms with Crippen LogP contribution in [0.2, 0.25) is 0 Å². The van der Waals surface area contributed by atoms with Crippen LogP contribution in [0, 0.1) is 17.1 Å². The number of nitrogens with one attached hydrogen (secondary N) is 1. The second kappa shape index (κ2) is 7.41. The number of aromatic nitrogens is 2. The van der Waals surface area contributed by atoms with Gasteiger partial charge in [-0.15, -0.1) is 18.2 Å². The van der Waals surface area contributed by atoms with Gasteiger partial charge in [-0.3, -0.25) is 0 Å². The third-order valence-electron chi connectivity index (χ3n) is 2.88. The topological polar surface area (TPSA) is 29.9 Å². The van der Waals surface area contributed by atoms with Crippen LogP contribution in [-0.4, -0.2) is 27.7 Å². The normalized spacial score (nSPS) is 10.6. The predicted molar refractivity (Wildman–Crippen MR) is 89.1 cm³/mol. The smallest absolute Gasteiger partial charge is 0.178 e. The van der Waals surface area contributed by atoms with Crippen LogP contribution < -0.4 is 4.74 Å². The maximum absolute atomic E-state index is 5.76. The van der Waals surface area contributed by atoms with Crippen molar-refractivity contribution in [1.82, 2.24) is 9.55 Å². The van der Waals surface area contributed by atoms with E-state index < -0.39 is 0 Å². The molecule has 20 heavy (non-hydrogen) atoms. The summed E-state index contributed by atoms with van der Waals surface area (Å²) in [5.41, 5.74) is 2.07. The monoisotopic (exact) mass is 306 g/mol. The van der Waals surface area contributed by atoms with Gasteiger partial charge in [-0.25, -0.2) is 0 Å². The van der Waals surface area contributed by atoms with Crippen LogP contribution in [0.25, 0.3) is 11.0 Å². The molecule has 1 heterocycles. The Hall–Kier alpha value is -1.38. The first-order valence-corrected chi connectivity index (χ1v) is 8.19. The van der Waals surface area contributed by atoms with Crippen LogP contribution in [0.5, 0.6) is 5.75 Å². The first-order chi connectivity index (χ1) is 9.77. The largest absolute Gasteiger partial charge is 0.491 e. The number of hydrogen-bond acceptors (Lipinski definition) is 3. The van der Waals surface area contributed by atoms with Crippen LogP contribution in [0.1, 0.15) is 13.3 Å². The molecule has 2 rings (SSSR count). The number of ether oxygens (including phenoxy) is 1. The van der Waals surface area contributed by atoms with Gasteiger partial charge in [0, 0.05) is 12.3 Å². The molecule has 0 radical (unpaired) electrons. The highest BCUT2D eigenvalue weighted by molar-refractivity contribution is 7.99. The molecule has 0 fully saturated rings. The number of terminal acetylenes is 1. The first kappa shape index (κ1) is 15.0. The Morgan fingerprint density at radius 1 is 1.50 bits per heavy atom. The summed E-state index contributed by atoms with van der Waals surface area (Å²) < 4.78 is 8.59. The van der Waals surface area contributed by atoms with E-state index in [0.29, 0.717) is 6.61 Å². The lowest BCUT2D eigenvalue weighted by molar-refractivity contribution is 0.320. The zero-order valence-electron chi connectivity index (χ0n) is 11.5. The third kappa shape index (κ3) is 3.38. The second-order valence-corrected chi connectivity index (χ2v) is 5.83. The van der Waals surface area contributed by atoms with Gasteiger partial charge in [-0.2, -0.15) is 0 Å². The molecule has 5 heteroatoms. The molecule has 0 saturated heterocycles. The van der Waals surface area contributed by atoms with Crippen molar-refractivity contribution in [3.8, 4) is 18.1 Å². The van der Waals surface area contributed by atoms with Crippen LogP contribution in [0.4, 0.5) is 0 Å². The maximum atomic E-state index is 5.76. The van der Waals surface area contributed by atoms with Gasteiger partial charge in [0.2, 0.25) is 0 Å². The number of fused-ring (bicyclic) bond motifs is 1. The molecule has 0 aliphatic carbocycles. The third-order valence-corrected chi connectivity index (χ3v) is 4.04. The van der Waals surface area contributed by atoms with Crippen molar-refractivity contribution in [2.75, 3.05) is 18.1 Å². The number of H-pyrrole nitrogens is 1. The Labute approximate surface area is 128 Å². The van der Waals surface area contributed by atoms with Gasteiger partial charge in [0.15, 0.2) is 4.77 Å². The standard InChI is InChI=1S/C15H18N2OS2/c1-3-9-18-13-7-5-6-12-14(13)16-15(19)17(12)8-11-20-10-4-2/h2,5-7H,3,8-11H2,1H3,(H,16,19). The van der Waals surface area contributed by atoms with Gasteiger partial charge in [-0.1, -0.05) is 18.9 Å². The molecule has 0 atom stereocenters. The average Bonchev–Trinajstić information content (AvgIpc) is 2.78. The molecular formula is C15H18N2OS2. The summed E-state index contributed by atoms with van der Waals surface area (Å²) in [7, 11) is 0. The minimum atomic E-state index is 0.711. The Balaban J connectivity index is 2.25. The Morgan fingerprint density at radius 3 is 3.10 bits per heavy atom. The number of aromatic amines is 1. The summed E-state index contributed by atoms with van der Waals surface area (Å²) in [5, 5.41) is 0. The highest BCUT2D eigenvalue weighted by Crippen LogP contribution is 2.25. The van der Waals surface area contributed by atoms with E-state index in [1.54, 1.807) is 11.8 Å². The summed E-state index contributed by atoms with van der Waals surface area (Å²) in [4.78, 5) is 3.25. The lowest BCUT2D eigenvalue weighted by atomic mass is 10.3. The quantitative estimate of drug-likeness (QED) is 0.479. The van der Waals surface area contributed by atoms with Crippen molar-refractivity contribution < 1.29 is 4.74 Å². The van der Waals surface area contributed by atoms with Gasteiger partial charge in [-0.05, 0) is 30.8 Å². The summed E-state index contributed by atoms with van der Waals surface area (Å²) in [6, 6.07) is 6.04. The lowest BCUT2D eigenvalue weighted by Gasteiger charge is -2.07. The number of aryl methyl sites for hydroxylation is 1. The van der Waals surface area contributed by atoms with E-state index in [1.165, 1.54) is 0 Å². The van der Waals surface area contributed by atoms with E-state index in [-0.39, 0.29) is 0 Å².